The summed E-state index contributed by atoms with van der Waals surface area (Å²) >= 11 is 3.16. The third kappa shape index (κ3) is 2.20. The average molecular weight is 279 g/mol. The zero-order valence-electron chi connectivity index (χ0n) is 9.76. The molecule has 1 saturated carbocycles. The maximum Gasteiger partial charge on any atom is 0.336 e. The highest BCUT2D eigenvalue weighted by molar-refractivity contribution is 7.14. The fourth-order valence-corrected chi connectivity index (χ4v) is 4.25. The molecule has 2 heterocycles. The molecule has 0 spiro atoms. The van der Waals surface area contributed by atoms with Gasteiger partial charge >= 0.3 is 5.97 Å². The van der Waals surface area contributed by atoms with Gasteiger partial charge in [-0.2, -0.15) is 0 Å². The van der Waals surface area contributed by atoms with Gasteiger partial charge in [0.2, 0.25) is 0 Å². The van der Waals surface area contributed by atoms with E-state index >= 15 is 0 Å². The first-order valence-corrected chi connectivity index (χ1v) is 7.77. The predicted octanol–water partition coefficient (Wildman–Crippen LogP) is 4.23. The molecule has 1 aliphatic rings. The molecule has 0 saturated heterocycles. The van der Waals surface area contributed by atoms with Crippen LogP contribution >= 0.6 is 22.7 Å². The number of aromatic nitrogens is 1. The van der Waals surface area contributed by atoms with Crippen molar-refractivity contribution in [3.63, 3.8) is 0 Å². The van der Waals surface area contributed by atoms with Gasteiger partial charge in [0.05, 0.1) is 21.1 Å². The lowest BCUT2D eigenvalue weighted by Gasteiger charge is -2.02. The van der Waals surface area contributed by atoms with Gasteiger partial charge in [0, 0.05) is 16.7 Å². The molecule has 5 heteroatoms. The molecule has 94 valence electrons. The van der Waals surface area contributed by atoms with Crippen molar-refractivity contribution >= 4 is 28.6 Å². The number of rotatable bonds is 3. The lowest BCUT2D eigenvalue weighted by atomic mass is 10.1. The normalized spacial score (nSPS) is 16.2. The number of nitrogens with zero attached hydrogens (tertiary/aromatic N) is 1. The Bertz CT molecular complexity index is 567. The van der Waals surface area contributed by atoms with E-state index in [1.165, 1.54) is 42.0 Å². The second kappa shape index (κ2) is 4.82. The van der Waals surface area contributed by atoms with Crippen LogP contribution in [0.4, 0.5) is 0 Å². The highest BCUT2D eigenvalue weighted by Crippen LogP contribution is 2.38. The molecule has 2 aromatic rings. The van der Waals surface area contributed by atoms with Crippen molar-refractivity contribution in [3.8, 4) is 10.6 Å². The second-order valence-electron chi connectivity index (χ2n) is 4.56. The van der Waals surface area contributed by atoms with Crippen LogP contribution in [0.2, 0.25) is 0 Å². The minimum Gasteiger partial charge on any atom is -0.478 e. The van der Waals surface area contributed by atoms with Crippen molar-refractivity contribution in [1.82, 2.24) is 4.98 Å². The van der Waals surface area contributed by atoms with Gasteiger partial charge in [0.15, 0.2) is 0 Å². The van der Waals surface area contributed by atoms with Crippen LogP contribution in [0.3, 0.4) is 0 Å². The third-order valence-electron chi connectivity index (χ3n) is 3.33. The summed E-state index contributed by atoms with van der Waals surface area (Å²) in [5, 5.41) is 13.8. The van der Waals surface area contributed by atoms with Gasteiger partial charge in [0.25, 0.3) is 0 Å². The molecule has 2 aromatic heterocycles. The van der Waals surface area contributed by atoms with Crippen LogP contribution in [0.1, 0.15) is 47.0 Å². The van der Waals surface area contributed by atoms with E-state index in [2.05, 4.69) is 4.98 Å². The Hall–Kier alpha value is -1.20. The molecular formula is C13H13NO2S2. The summed E-state index contributed by atoms with van der Waals surface area (Å²) < 4.78 is 0. The first kappa shape index (κ1) is 11.9. The van der Waals surface area contributed by atoms with Crippen molar-refractivity contribution in [2.24, 2.45) is 0 Å². The lowest BCUT2D eigenvalue weighted by Crippen LogP contribution is -1.92. The molecular weight excluding hydrogens is 266 g/mol. The van der Waals surface area contributed by atoms with E-state index in [0.29, 0.717) is 11.5 Å². The monoisotopic (exact) mass is 279 g/mol. The van der Waals surface area contributed by atoms with Crippen LogP contribution < -0.4 is 0 Å². The molecule has 3 nitrogen and oxygen atoms in total. The number of carboxylic acid groups (broad SMARTS) is 1. The number of thiophene rings is 1. The largest absolute Gasteiger partial charge is 0.478 e. The number of hydrogen-bond donors (Lipinski definition) is 1. The van der Waals surface area contributed by atoms with Gasteiger partial charge in [0.1, 0.15) is 0 Å². The molecule has 0 atom stereocenters. The molecule has 1 aliphatic carbocycles. The molecule has 0 aromatic carbocycles. The van der Waals surface area contributed by atoms with Crippen molar-refractivity contribution in [1.29, 1.82) is 0 Å². The number of aromatic carboxylic acids is 1. The SMILES string of the molecule is O=C(O)c1csc(-c2csc(C3CCCC3)n2)c1. The fraction of sp³-hybridized carbons (Fsp3) is 0.385. The zero-order chi connectivity index (χ0) is 12.5. The van der Waals surface area contributed by atoms with E-state index in [1.54, 1.807) is 22.8 Å². The number of hydrogen-bond acceptors (Lipinski definition) is 4. The molecule has 0 bridgehead atoms. The molecule has 0 unspecified atom stereocenters. The lowest BCUT2D eigenvalue weighted by molar-refractivity contribution is 0.0697. The van der Waals surface area contributed by atoms with Crippen LogP contribution in [-0.4, -0.2) is 16.1 Å². The van der Waals surface area contributed by atoms with E-state index in [9.17, 15) is 4.79 Å². The zero-order valence-corrected chi connectivity index (χ0v) is 11.4. The maximum atomic E-state index is 10.8. The Kier molecular flexibility index (Phi) is 3.18. The Balaban J connectivity index is 1.85. The number of carbonyl (C=O) groups is 1. The summed E-state index contributed by atoms with van der Waals surface area (Å²) in [5.74, 6) is -0.244. The summed E-state index contributed by atoms with van der Waals surface area (Å²) in [7, 11) is 0. The summed E-state index contributed by atoms with van der Waals surface area (Å²) in [6.45, 7) is 0. The average Bonchev–Trinajstić information content (AvgIpc) is 3.10. The molecule has 0 aliphatic heterocycles. The predicted molar refractivity (Wildman–Crippen MR) is 73.6 cm³/mol. The van der Waals surface area contributed by atoms with Crippen LogP contribution in [-0.2, 0) is 0 Å². The molecule has 3 rings (SSSR count). The number of carboxylic acids is 1. The van der Waals surface area contributed by atoms with Crippen LogP contribution in [0, 0.1) is 0 Å². The van der Waals surface area contributed by atoms with Gasteiger partial charge in [-0.3, -0.25) is 0 Å². The third-order valence-corrected chi connectivity index (χ3v) is 5.29. The fourth-order valence-electron chi connectivity index (χ4n) is 2.34. The first-order chi connectivity index (χ1) is 8.74. The van der Waals surface area contributed by atoms with Crippen molar-refractivity contribution in [2.45, 2.75) is 31.6 Å². The highest BCUT2D eigenvalue weighted by Gasteiger charge is 2.20. The highest BCUT2D eigenvalue weighted by atomic mass is 32.1. The Morgan fingerprint density at radius 1 is 1.28 bits per heavy atom. The Labute approximate surface area is 113 Å². The van der Waals surface area contributed by atoms with Gasteiger partial charge in [-0.15, -0.1) is 22.7 Å². The van der Waals surface area contributed by atoms with E-state index in [0.717, 1.165) is 10.6 Å². The van der Waals surface area contributed by atoms with E-state index < -0.39 is 5.97 Å². The van der Waals surface area contributed by atoms with Gasteiger partial charge in [-0.05, 0) is 18.9 Å². The summed E-state index contributed by atoms with van der Waals surface area (Å²) in [6.07, 6.45) is 5.11. The summed E-state index contributed by atoms with van der Waals surface area (Å²) in [5.41, 5.74) is 1.28. The molecule has 18 heavy (non-hydrogen) atoms. The first-order valence-electron chi connectivity index (χ1n) is 6.01. The van der Waals surface area contributed by atoms with Crippen molar-refractivity contribution in [2.75, 3.05) is 0 Å². The minimum atomic E-state index is -0.872. The molecule has 0 amide bonds. The minimum absolute atomic E-state index is 0.352. The standard InChI is InChI=1S/C13H13NO2S2/c15-13(16)9-5-11(17-6-9)10-7-18-12(14-10)8-3-1-2-4-8/h5-8H,1-4H2,(H,15,16). The Morgan fingerprint density at radius 3 is 2.72 bits per heavy atom. The topological polar surface area (TPSA) is 50.2 Å². The van der Waals surface area contributed by atoms with E-state index in [4.69, 9.17) is 5.11 Å². The van der Waals surface area contributed by atoms with Crippen LogP contribution in [0.25, 0.3) is 10.6 Å². The maximum absolute atomic E-state index is 10.8. The smallest absolute Gasteiger partial charge is 0.336 e. The summed E-state index contributed by atoms with van der Waals surface area (Å²) in [4.78, 5) is 16.5. The van der Waals surface area contributed by atoms with Crippen molar-refractivity contribution < 1.29 is 9.90 Å². The molecule has 0 radical (unpaired) electrons. The van der Waals surface area contributed by atoms with Gasteiger partial charge in [-0.1, -0.05) is 12.8 Å². The quantitative estimate of drug-likeness (QED) is 0.914. The number of thiazole rings is 1. The summed E-state index contributed by atoms with van der Waals surface area (Å²) in [6, 6.07) is 1.71. The Morgan fingerprint density at radius 2 is 2.06 bits per heavy atom. The van der Waals surface area contributed by atoms with E-state index in [1.807, 2.05) is 5.38 Å². The molecule has 1 N–H and O–H groups in total. The van der Waals surface area contributed by atoms with Gasteiger partial charge < -0.3 is 5.11 Å². The second-order valence-corrected chi connectivity index (χ2v) is 6.36. The van der Waals surface area contributed by atoms with E-state index in [-0.39, 0.29) is 0 Å². The van der Waals surface area contributed by atoms with Crippen molar-refractivity contribution in [3.05, 3.63) is 27.4 Å². The van der Waals surface area contributed by atoms with Crippen LogP contribution in [0.15, 0.2) is 16.8 Å². The van der Waals surface area contributed by atoms with Gasteiger partial charge in [-0.25, -0.2) is 9.78 Å². The van der Waals surface area contributed by atoms with Crippen LogP contribution in [0.5, 0.6) is 0 Å². The molecule has 1 fully saturated rings.